The van der Waals surface area contributed by atoms with Gasteiger partial charge in [-0.2, -0.15) is 4.31 Å². The SMILES string of the molecule is O=S(=O)(c1ccc2c(c1)OCCCO2)N1CCC[C@@H](Oc2cnccn2)C1. The number of sulfonamides is 1. The predicted molar refractivity (Wildman–Crippen MR) is 96.5 cm³/mol. The molecule has 0 N–H and O–H groups in total. The topological polar surface area (TPSA) is 90.9 Å². The molecule has 0 amide bonds. The number of ether oxygens (including phenoxy) is 3. The van der Waals surface area contributed by atoms with Crippen LogP contribution in [0, 0.1) is 0 Å². The van der Waals surface area contributed by atoms with Gasteiger partial charge in [0.15, 0.2) is 11.5 Å². The zero-order chi connectivity index (χ0) is 18.7. The summed E-state index contributed by atoms with van der Waals surface area (Å²) < 4.78 is 44.7. The number of hydrogen-bond acceptors (Lipinski definition) is 7. The second-order valence-corrected chi connectivity index (χ2v) is 8.39. The first-order valence-corrected chi connectivity index (χ1v) is 10.4. The smallest absolute Gasteiger partial charge is 0.243 e. The molecule has 27 heavy (non-hydrogen) atoms. The molecule has 1 saturated heterocycles. The molecule has 2 aliphatic rings. The Morgan fingerprint density at radius 2 is 1.96 bits per heavy atom. The van der Waals surface area contributed by atoms with Crippen molar-refractivity contribution in [3.05, 3.63) is 36.8 Å². The van der Waals surface area contributed by atoms with E-state index in [-0.39, 0.29) is 17.5 Å². The van der Waals surface area contributed by atoms with E-state index < -0.39 is 10.0 Å². The normalized spacial score (nSPS) is 20.7. The van der Waals surface area contributed by atoms with Crippen LogP contribution in [0.1, 0.15) is 19.3 Å². The Labute approximate surface area is 158 Å². The fraction of sp³-hybridized carbons (Fsp3) is 0.444. The molecular weight excluding hydrogens is 370 g/mol. The Kier molecular flexibility index (Phi) is 5.13. The van der Waals surface area contributed by atoms with E-state index in [1.54, 1.807) is 30.6 Å². The summed E-state index contributed by atoms with van der Waals surface area (Å²) in [4.78, 5) is 8.26. The van der Waals surface area contributed by atoms with Gasteiger partial charge in [-0.3, -0.25) is 4.98 Å². The molecular formula is C18H21N3O5S. The fourth-order valence-electron chi connectivity index (χ4n) is 3.19. The molecule has 0 unspecified atom stereocenters. The third-order valence-corrected chi connectivity index (χ3v) is 6.39. The standard InChI is InChI=1S/C18H21N3O5S/c22-27(23,15-4-5-16-17(11-15)25-10-2-9-24-16)21-8-1-3-14(13-21)26-18-12-19-6-7-20-18/h4-7,11-12,14H,1-3,8-10,13H2/t14-/m1/s1. The lowest BCUT2D eigenvalue weighted by atomic mass is 10.1. The van der Waals surface area contributed by atoms with Crippen LogP contribution in [0.4, 0.5) is 0 Å². The van der Waals surface area contributed by atoms with Crippen LogP contribution in [0.3, 0.4) is 0 Å². The van der Waals surface area contributed by atoms with E-state index in [4.69, 9.17) is 14.2 Å². The van der Waals surface area contributed by atoms with Crippen LogP contribution in [0.25, 0.3) is 0 Å². The molecule has 1 atom stereocenters. The molecule has 1 aromatic carbocycles. The van der Waals surface area contributed by atoms with E-state index in [1.807, 2.05) is 0 Å². The Bertz CT molecular complexity index is 891. The third-order valence-electron chi connectivity index (χ3n) is 4.52. The quantitative estimate of drug-likeness (QED) is 0.786. The summed E-state index contributed by atoms with van der Waals surface area (Å²) in [6.07, 6.45) is 6.63. The van der Waals surface area contributed by atoms with Gasteiger partial charge in [-0.15, -0.1) is 0 Å². The predicted octanol–water partition coefficient (Wildman–Crippen LogP) is 1.87. The van der Waals surface area contributed by atoms with Crippen LogP contribution in [-0.4, -0.2) is 55.1 Å². The van der Waals surface area contributed by atoms with Gasteiger partial charge in [0.25, 0.3) is 0 Å². The van der Waals surface area contributed by atoms with Gasteiger partial charge in [0.1, 0.15) is 6.10 Å². The zero-order valence-electron chi connectivity index (χ0n) is 14.8. The fourth-order valence-corrected chi connectivity index (χ4v) is 4.72. The highest BCUT2D eigenvalue weighted by molar-refractivity contribution is 7.89. The summed E-state index contributed by atoms with van der Waals surface area (Å²) >= 11 is 0. The number of hydrogen-bond donors (Lipinski definition) is 0. The van der Waals surface area contributed by atoms with E-state index >= 15 is 0 Å². The van der Waals surface area contributed by atoms with Gasteiger partial charge in [-0.05, 0) is 25.0 Å². The van der Waals surface area contributed by atoms with Crippen LogP contribution >= 0.6 is 0 Å². The summed E-state index contributed by atoms with van der Waals surface area (Å²) in [7, 11) is -3.65. The minimum absolute atomic E-state index is 0.201. The van der Waals surface area contributed by atoms with Crippen LogP contribution in [-0.2, 0) is 10.0 Å². The van der Waals surface area contributed by atoms with Crippen LogP contribution in [0.2, 0.25) is 0 Å². The lowest BCUT2D eigenvalue weighted by Crippen LogP contribution is -2.44. The lowest BCUT2D eigenvalue weighted by Gasteiger charge is -2.31. The van der Waals surface area contributed by atoms with Crippen molar-refractivity contribution in [2.75, 3.05) is 26.3 Å². The molecule has 9 heteroatoms. The summed E-state index contributed by atoms with van der Waals surface area (Å²) in [5.41, 5.74) is 0. The van der Waals surface area contributed by atoms with E-state index in [0.717, 1.165) is 12.8 Å². The first kappa shape index (κ1) is 18.0. The van der Waals surface area contributed by atoms with E-state index in [2.05, 4.69) is 9.97 Å². The molecule has 144 valence electrons. The highest BCUT2D eigenvalue weighted by Gasteiger charge is 2.32. The minimum Gasteiger partial charge on any atom is -0.490 e. The number of rotatable bonds is 4. The summed E-state index contributed by atoms with van der Waals surface area (Å²) in [5.74, 6) is 1.45. The number of fused-ring (bicyclic) bond motifs is 1. The number of nitrogens with zero attached hydrogens (tertiary/aromatic N) is 3. The van der Waals surface area contributed by atoms with Gasteiger partial charge in [0, 0.05) is 31.4 Å². The van der Waals surface area contributed by atoms with Crippen molar-refractivity contribution >= 4 is 10.0 Å². The molecule has 0 saturated carbocycles. The Morgan fingerprint density at radius 3 is 2.78 bits per heavy atom. The summed E-state index contributed by atoms with van der Waals surface area (Å²) in [6.45, 7) is 1.80. The minimum atomic E-state index is -3.65. The molecule has 2 aliphatic heterocycles. The van der Waals surface area contributed by atoms with Gasteiger partial charge in [0.2, 0.25) is 15.9 Å². The zero-order valence-corrected chi connectivity index (χ0v) is 15.6. The largest absolute Gasteiger partial charge is 0.490 e. The van der Waals surface area contributed by atoms with Gasteiger partial charge in [-0.25, -0.2) is 13.4 Å². The molecule has 4 rings (SSSR count). The van der Waals surface area contributed by atoms with Crippen molar-refractivity contribution in [2.24, 2.45) is 0 Å². The number of piperidine rings is 1. The second-order valence-electron chi connectivity index (χ2n) is 6.45. The van der Waals surface area contributed by atoms with Gasteiger partial charge in [-0.1, -0.05) is 0 Å². The highest BCUT2D eigenvalue weighted by atomic mass is 32.2. The maximum absolute atomic E-state index is 13.1. The van der Waals surface area contributed by atoms with Gasteiger partial charge < -0.3 is 14.2 Å². The van der Waals surface area contributed by atoms with Crippen LogP contribution in [0.15, 0.2) is 41.7 Å². The lowest BCUT2D eigenvalue weighted by molar-refractivity contribution is 0.124. The Morgan fingerprint density at radius 1 is 1.11 bits per heavy atom. The average Bonchev–Trinajstić information content (AvgIpc) is 2.94. The molecule has 0 radical (unpaired) electrons. The van der Waals surface area contributed by atoms with E-state index in [1.165, 1.54) is 10.5 Å². The average molecular weight is 391 g/mol. The monoisotopic (exact) mass is 391 g/mol. The second kappa shape index (κ2) is 7.69. The van der Waals surface area contributed by atoms with E-state index in [0.29, 0.717) is 43.6 Å². The molecule has 1 aromatic heterocycles. The third kappa shape index (κ3) is 3.98. The first-order valence-electron chi connectivity index (χ1n) is 8.95. The summed E-state index contributed by atoms with van der Waals surface area (Å²) in [6, 6.07) is 4.77. The van der Waals surface area contributed by atoms with Crippen LogP contribution < -0.4 is 14.2 Å². The van der Waals surface area contributed by atoms with Crippen molar-refractivity contribution < 1.29 is 22.6 Å². The van der Waals surface area contributed by atoms with Crippen molar-refractivity contribution in [3.8, 4) is 17.4 Å². The van der Waals surface area contributed by atoms with Crippen molar-refractivity contribution in [3.63, 3.8) is 0 Å². The first-order chi connectivity index (χ1) is 13.1. The Balaban J connectivity index is 1.52. The number of aromatic nitrogens is 2. The Hall–Kier alpha value is -2.39. The molecule has 1 fully saturated rings. The highest BCUT2D eigenvalue weighted by Crippen LogP contribution is 2.33. The maximum Gasteiger partial charge on any atom is 0.243 e. The molecule has 3 heterocycles. The maximum atomic E-state index is 13.1. The van der Waals surface area contributed by atoms with Gasteiger partial charge >= 0.3 is 0 Å². The molecule has 0 spiro atoms. The summed E-state index contributed by atoms with van der Waals surface area (Å²) in [5, 5.41) is 0. The molecule has 2 aromatic rings. The van der Waals surface area contributed by atoms with Crippen LogP contribution in [0.5, 0.6) is 17.4 Å². The van der Waals surface area contributed by atoms with Crippen molar-refractivity contribution in [1.82, 2.24) is 14.3 Å². The molecule has 0 aliphatic carbocycles. The molecule has 0 bridgehead atoms. The van der Waals surface area contributed by atoms with E-state index in [9.17, 15) is 8.42 Å². The molecule has 8 nitrogen and oxygen atoms in total. The number of benzene rings is 1. The van der Waals surface area contributed by atoms with Crippen molar-refractivity contribution in [1.29, 1.82) is 0 Å². The van der Waals surface area contributed by atoms with Gasteiger partial charge in [0.05, 0.1) is 30.9 Å². The van der Waals surface area contributed by atoms with Crippen molar-refractivity contribution in [2.45, 2.75) is 30.3 Å².